The third-order valence-corrected chi connectivity index (χ3v) is 4.01. The maximum atomic E-state index is 6.46. The van der Waals surface area contributed by atoms with Crippen LogP contribution in [0.5, 0.6) is 0 Å². The smallest absolute Gasteiger partial charge is 0.0763 e. The van der Waals surface area contributed by atoms with Crippen LogP contribution in [0.25, 0.3) is 0 Å². The fourth-order valence-corrected chi connectivity index (χ4v) is 3.26. The van der Waals surface area contributed by atoms with Crippen molar-refractivity contribution in [3.63, 3.8) is 0 Å². The molecule has 3 atom stereocenters. The van der Waals surface area contributed by atoms with E-state index in [4.69, 9.17) is 22.1 Å². The Morgan fingerprint density at radius 2 is 2.31 bits per heavy atom. The van der Waals surface area contributed by atoms with Gasteiger partial charge < -0.3 is 10.5 Å². The van der Waals surface area contributed by atoms with Crippen molar-refractivity contribution >= 4 is 11.6 Å². The Bertz CT molecular complexity index is 409. The Hall–Kier alpha value is -0.570. The third kappa shape index (κ3) is 1.75. The highest BCUT2D eigenvalue weighted by Gasteiger charge is 2.49. The Labute approximate surface area is 101 Å². The van der Waals surface area contributed by atoms with E-state index in [0.29, 0.717) is 6.10 Å². The van der Waals surface area contributed by atoms with Gasteiger partial charge in [-0.25, -0.2) is 0 Å². The highest BCUT2D eigenvalue weighted by atomic mass is 35.5. The van der Waals surface area contributed by atoms with Gasteiger partial charge in [0.1, 0.15) is 0 Å². The van der Waals surface area contributed by atoms with Gasteiger partial charge in [0, 0.05) is 10.6 Å². The van der Waals surface area contributed by atoms with Crippen molar-refractivity contribution in [3.8, 4) is 0 Å². The molecule has 16 heavy (non-hydrogen) atoms. The Morgan fingerprint density at radius 3 is 2.94 bits per heavy atom. The Morgan fingerprint density at radius 1 is 1.44 bits per heavy atom. The molecule has 0 aliphatic carbocycles. The quantitative estimate of drug-likeness (QED) is 0.858. The molecule has 2 bridgehead atoms. The SMILES string of the molecule is NC1(Cc2cccc(Cl)c2)CC2CCC1O2. The molecule has 2 aliphatic rings. The molecule has 2 saturated heterocycles. The number of fused-ring (bicyclic) bond motifs is 2. The molecule has 3 heteroatoms. The van der Waals surface area contributed by atoms with Crippen LogP contribution in [-0.2, 0) is 11.2 Å². The first kappa shape index (κ1) is 10.6. The number of rotatable bonds is 2. The lowest BCUT2D eigenvalue weighted by molar-refractivity contribution is 0.0856. The number of hydrogen-bond acceptors (Lipinski definition) is 2. The zero-order chi connectivity index (χ0) is 11.2. The van der Waals surface area contributed by atoms with Crippen molar-refractivity contribution in [2.24, 2.45) is 5.73 Å². The molecule has 1 aromatic rings. The fourth-order valence-electron chi connectivity index (χ4n) is 3.05. The molecule has 0 amide bonds. The van der Waals surface area contributed by atoms with Crippen LogP contribution < -0.4 is 5.73 Å². The summed E-state index contributed by atoms with van der Waals surface area (Å²) in [6.07, 6.45) is 4.80. The van der Waals surface area contributed by atoms with Crippen LogP contribution in [-0.4, -0.2) is 17.7 Å². The van der Waals surface area contributed by atoms with Crippen LogP contribution >= 0.6 is 11.6 Å². The molecular formula is C13H16ClNO. The number of hydrogen-bond donors (Lipinski definition) is 1. The van der Waals surface area contributed by atoms with Gasteiger partial charge in [-0.1, -0.05) is 23.7 Å². The second kappa shape index (κ2) is 3.73. The Kier molecular flexibility index (Phi) is 2.46. The van der Waals surface area contributed by atoms with Crippen molar-refractivity contribution in [1.82, 2.24) is 0 Å². The second-order valence-electron chi connectivity index (χ2n) is 5.07. The number of benzene rings is 1. The van der Waals surface area contributed by atoms with Crippen molar-refractivity contribution < 1.29 is 4.74 Å². The minimum atomic E-state index is -0.173. The summed E-state index contributed by atoms with van der Waals surface area (Å²) in [5, 5.41) is 0.783. The Balaban J connectivity index is 1.79. The zero-order valence-electron chi connectivity index (χ0n) is 9.16. The van der Waals surface area contributed by atoms with E-state index < -0.39 is 0 Å². The van der Waals surface area contributed by atoms with E-state index in [-0.39, 0.29) is 11.6 Å². The summed E-state index contributed by atoms with van der Waals surface area (Å²) >= 11 is 5.98. The zero-order valence-corrected chi connectivity index (χ0v) is 9.91. The number of ether oxygens (including phenoxy) is 1. The predicted octanol–water partition coefficient (Wildman–Crippen LogP) is 2.53. The van der Waals surface area contributed by atoms with E-state index in [1.807, 2.05) is 18.2 Å². The summed E-state index contributed by atoms with van der Waals surface area (Å²) in [7, 11) is 0. The number of halogens is 1. The molecule has 0 spiro atoms. The van der Waals surface area contributed by atoms with Gasteiger partial charge in [0.15, 0.2) is 0 Å². The first-order valence-electron chi connectivity index (χ1n) is 5.84. The lowest BCUT2D eigenvalue weighted by Crippen LogP contribution is -2.50. The van der Waals surface area contributed by atoms with Crippen LogP contribution in [0.3, 0.4) is 0 Å². The molecular weight excluding hydrogens is 222 g/mol. The molecule has 3 rings (SSSR count). The van der Waals surface area contributed by atoms with Crippen LogP contribution in [0.15, 0.2) is 24.3 Å². The normalized spacial score (nSPS) is 36.9. The molecule has 2 nitrogen and oxygen atoms in total. The summed E-state index contributed by atoms with van der Waals surface area (Å²) in [5.74, 6) is 0. The first-order chi connectivity index (χ1) is 7.66. The molecule has 86 valence electrons. The van der Waals surface area contributed by atoms with E-state index in [9.17, 15) is 0 Å². The van der Waals surface area contributed by atoms with E-state index in [0.717, 1.165) is 24.3 Å². The van der Waals surface area contributed by atoms with E-state index in [1.54, 1.807) is 0 Å². The van der Waals surface area contributed by atoms with E-state index >= 15 is 0 Å². The van der Waals surface area contributed by atoms with E-state index in [1.165, 1.54) is 12.0 Å². The highest BCUT2D eigenvalue weighted by Crippen LogP contribution is 2.41. The van der Waals surface area contributed by atoms with Crippen LogP contribution in [0.4, 0.5) is 0 Å². The van der Waals surface area contributed by atoms with E-state index in [2.05, 4.69) is 6.07 Å². The highest BCUT2D eigenvalue weighted by molar-refractivity contribution is 6.30. The number of nitrogens with two attached hydrogens (primary N) is 1. The fraction of sp³-hybridized carbons (Fsp3) is 0.538. The van der Waals surface area contributed by atoms with Crippen LogP contribution in [0.2, 0.25) is 5.02 Å². The minimum absolute atomic E-state index is 0.173. The molecule has 2 N–H and O–H groups in total. The molecule has 3 unspecified atom stereocenters. The van der Waals surface area contributed by atoms with Gasteiger partial charge >= 0.3 is 0 Å². The lowest BCUT2D eigenvalue weighted by atomic mass is 9.78. The molecule has 0 saturated carbocycles. The summed E-state index contributed by atoms with van der Waals surface area (Å²) in [4.78, 5) is 0. The van der Waals surface area contributed by atoms with Gasteiger partial charge in [0.2, 0.25) is 0 Å². The van der Waals surface area contributed by atoms with Gasteiger partial charge in [-0.2, -0.15) is 0 Å². The van der Waals surface area contributed by atoms with Crippen molar-refractivity contribution in [2.75, 3.05) is 0 Å². The van der Waals surface area contributed by atoms with Crippen molar-refractivity contribution in [3.05, 3.63) is 34.9 Å². The summed E-state index contributed by atoms with van der Waals surface area (Å²) in [5.41, 5.74) is 7.50. The maximum Gasteiger partial charge on any atom is 0.0763 e. The summed E-state index contributed by atoms with van der Waals surface area (Å²) in [6, 6.07) is 7.97. The molecule has 2 fully saturated rings. The lowest BCUT2D eigenvalue weighted by Gasteiger charge is -2.31. The van der Waals surface area contributed by atoms with Crippen molar-refractivity contribution in [1.29, 1.82) is 0 Å². The summed E-state index contributed by atoms with van der Waals surface area (Å²) in [6.45, 7) is 0. The van der Waals surface area contributed by atoms with Crippen LogP contribution in [0.1, 0.15) is 24.8 Å². The average molecular weight is 238 g/mol. The van der Waals surface area contributed by atoms with Gasteiger partial charge in [-0.15, -0.1) is 0 Å². The minimum Gasteiger partial charge on any atom is -0.373 e. The molecule has 0 aromatic heterocycles. The standard InChI is InChI=1S/C13H16ClNO/c14-10-3-1-2-9(6-10)7-13(15)8-11-4-5-12(13)16-11/h1-3,6,11-12H,4-5,7-8,15H2. The van der Waals surface area contributed by atoms with Gasteiger partial charge in [0.25, 0.3) is 0 Å². The first-order valence-corrected chi connectivity index (χ1v) is 6.22. The monoisotopic (exact) mass is 237 g/mol. The maximum absolute atomic E-state index is 6.46. The van der Waals surface area contributed by atoms with Gasteiger partial charge in [-0.3, -0.25) is 0 Å². The average Bonchev–Trinajstić information content (AvgIpc) is 2.76. The topological polar surface area (TPSA) is 35.2 Å². The molecule has 2 heterocycles. The summed E-state index contributed by atoms with van der Waals surface area (Å²) < 4.78 is 5.83. The molecule has 0 radical (unpaired) electrons. The molecule has 1 aromatic carbocycles. The largest absolute Gasteiger partial charge is 0.373 e. The van der Waals surface area contributed by atoms with Crippen LogP contribution in [0, 0.1) is 0 Å². The predicted molar refractivity (Wildman–Crippen MR) is 64.6 cm³/mol. The van der Waals surface area contributed by atoms with Gasteiger partial charge in [-0.05, 0) is 43.4 Å². The van der Waals surface area contributed by atoms with Crippen molar-refractivity contribution in [2.45, 2.75) is 43.4 Å². The second-order valence-corrected chi connectivity index (χ2v) is 5.50. The van der Waals surface area contributed by atoms with Gasteiger partial charge in [0.05, 0.1) is 12.2 Å². The molecule has 2 aliphatic heterocycles. The third-order valence-electron chi connectivity index (χ3n) is 3.78.